The fourth-order valence-electron chi connectivity index (χ4n) is 2.69. The van der Waals surface area contributed by atoms with Crippen LogP contribution in [0.2, 0.25) is 5.02 Å². The Labute approximate surface area is 175 Å². The normalized spacial score (nSPS) is 13.4. The number of benzene rings is 2. The summed E-state index contributed by atoms with van der Waals surface area (Å²) in [5.74, 6) is -0.694. The average Bonchev–Trinajstić information content (AvgIpc) is 2.66. The molecule has 2 amide bonds. The smallest absolute Gasteiger partial charge is 0.241 e. The highest BCUT2D eigenvalue weighted by atomic mass is 35.5. The summed E-state index contributed by atoms with van der Waals surface area (Å²) in [6, 6.07) is 11.6. The molecule has 29 heavy (non-hydrogen) atoms. The molecule has 0 saturated heterocycles. The molecule has 2 aromatic carbocycles. The summed E-state index contributed by atoms with van der Waals surface area (Å²) < 4.78 is 27.5. The molecule has 0 heterocycles. The molecule has 0 aliphatic rings. The van der Waals surface area contributed by atoms with Gasteiger partial charge < -0.3 is 10.6 Å². The maximum atomic E-state index is 12.6. The van der Waals surface area contributed by atoms with Gasteiger partial charge >= 0.3 is 0 Å². The van der Waals surface area contributed by atoms with Gasteiger partial charge in [-0.3, -0.25) is 9.59 Å². The minimum atomic E-state index is -3.90. The first-order valence-electron chi connectivity index (χ1n) is 9.08. The maximum Gasteiger partial charge on any atom is 0.241 e. The number of halogens is 1. The Bertz CT molecular complexity index is 960. The Kier molecular flexibility index (Phi) is 7.78. The molecule has 9 heteroatoms. The third kappa shape index (κ3) is 6.56. The second-order valence-corrected chi connectivity index (χ2v) is 8.72. The molecular weight excluding hydrogens is 414 g/mol. The number of anilines is 1. The highest BCUT2D eigenvalue weighted by Crippen LogP contribution is 2.19. The van der Waals surface area contributed by atoms with E-state index in [9.17, 15) is 18.0 Å². The number of carbonyl (C=O) groups excluding carboxylic acids is 2. The summed E-state index contributed by atoms with van der Waals surface area (Å²) >= 11 is 5.90. The first-order valence-corrected chi connectivity index (χ1v) is 10.9. The second kappa shape index (κ2) is 9.87. The van der Waals surface area contributed by atoms with Gasteiger partial charge in [-0.15, -0.1) is 0 Å². The SMILES string of the molecule is CCC(NC(=O)[C@H](C)NS(=O)(=O)c1ccc(NC(C)=O)cc1)c1ccc(Cl)cc1. The van der Waals surface area contributed by atoms with Crippen molar-refractivity contribution in [1.29, 1.82) is 0 Å². The van der Waals surface area contributed by atoms with Crippen molar-refractivity contribution >= 4 is 39.1 Å². The molecule has 0 fully saturated rings. The zero-order valence-electron chi connectivity index (χ0n) is 16.4. The molecule has 2 aromatic rings. The lowest BCUT2D eigenvalue weighted by Crippen LogP contribution is -2.45. The monoisotopic (exact) mass is 437 g/mol. The topological polar surface area (TPSA) is 104 Å². The number of nitrogens with one attached hydrogen (secondary N) is 3. The van der Waals surface area contributed by atoms with Crippen LogP contribution in [0, 0.1) is 0 Å². The molecule has 2 rings (SSSR count). The summed E-state index contributed by atoms with van der Waals surface area (Å²) in [5.41, 5.74) is 1.37. The van der Waals surface area contributed by atoms with Crippen LogP contribution in [0.5, 0.6) is 0 Å². The summed E-state index contributed by atoms with van der Waals surface area (Å²) in [6.45, 7) is 4.76. The molecule has 0 aromatic heterocycles. The van der Waals surface area contributed by atoms with E-state index in [2.05, 4.69) is 15.4 Å². The van der Waals surface area contributed by atoms with Gasteiger partial charge in [0.2, 0.25) is 21.8 Å². The number of hydrogen-bond acceptors (Lipinski definition) is 4. The number of amides is 2. The van der Waals surface area contributed by atoms with Gasteiger partial charge in [0, 0.05) is 17.6 Å². The van der Waals surface area contributed by atoms with Gasteiger partial charge in [-0.25, -0.2) is 8.42 Å². The van der Waals surface area contributed by atoms with Crippen molar-refractivity contribution in [2.75, 3.05) is 5.32 Å². The lowest BCUT2D eigenvalue weighted by molar-refractivity contribution is -0.123. The fourth-order valence-corrected chi connectivity index (χ4v) is 4.02. The number of carbonyl (C=O) groups is 2. The first-order chi connectivity index (χ1) is 13.6. The fraction of sp³-hybridized carbons (Fsp3) is 0.300. The van der Waals surface area contributed by atoms with Gasteiger partial charge in [0.15, 0.2) is 0 Å². The van der Waals surface area contributed by atoms with E-state index in [1.54, 1.807) is 12.1 Å². The van der Waals surface area contributed by atoms with Gasteiger partial charge in [-0.2, -0.15) is 4.72 Å². The van der Waals surface area contributed by atoms with Crippen LogP contribution in [0.25, 0.3) is 0 Å². The molecule has 3 N–H and O–H groups in total. The number of sulfonamides is 1. The van der Waals surface area contributed by atoms with Crippen molar-refractivity contribution in [3.8, 4) is 0 Å². The van der Waals surface area contributed by atoms with Gasteiger partial charge in [0.05, 0.1) is 17.0 Å². The van der Waals surface area contributed by atoms with Gasteiger partial charge in [0.1, 0.15) is 0 Å². The number of hydrogen-bond donors (Lipinski definition) is 3. The van der Waals surface area contributed by atoms with Gasteiger partial charge in [0.25, 0.3) is 0 Å². The zero-order valence-corrected chi connectivity index (χ0v) is 18.0. The summed E-state index contributed by atoms with van der Waals surface area (Å²) in [6.07, 6.45) is 0.636. The lowest BCUT2D eigenvalue weighted by Gasteiger charge is -2.21. The molecule has 0 radical (unpaired) electrons. The third-order valence-electron chi connectivity index (χ3n) is 4.21. The molecule has 0 saturated carbocycles. The van der Waals surface area contributed by atoms with Crippen molar-refractivity contribution in [2.45, 2.75) is 44.2 Å². The van der Waals surface area contributed by atoms with E-state index in [0.29, 0.717) is 17.1 Å². The minimum Gasteiger partial charge on any atom is -0.348 e. The lowest BCUT2D eigenvalue weighted by atomic mass is 10.0. The molecule has 0 bridgehead atoms. The van der Waals surface area contributed by atoms with E-state index < -0.39 is 22.0 Å². The van der Waals surface area contributed by atoms with Crippen molar-refractivity contribution in [1.82, 2.24) is 10.0 Å². The second-order valence-electron chi connectivity index (χ2n) is 6.57. The quantitative estimate of drug-likeness (QED) is 0.589. The Morgan fingerprint density at radius 2 is 1.62 bits per heavy atom. The molecule has 2 atom stereocenters. The predicted octanol–water partition coefficient (Wildman–Crippen LogP) is 3.23. The summed E-state index contributed by atoms with van der Waals surface area (Å²) in [5, 5.41) is 6.01. The van der Waals surface area contributed by atoms with Gasteiger partial charge in [-0.05, 0) is 55.3 Å². The van der Waals surface area contributed by atoms with Crippen LogP contribution in [-0.2, 0) is 19.6 Å². The predicted molar refractivity (Wildman–Crippen MR) is 113 cm³/mol. The van der Waals surface area contributed by atoms with Crippen molar-refractivity contribution in [3.05, 3.63) is 59.1 Å². The van der Waals surface area contributed by atoms with Crippen molar-refractivity contribution in [2.24, 2.45) is 0 Å². The zero-order chi connectivity index (χ0) is 21.6. The van der Waals surface area contributed by atoms with Crippen LogP contribution < -0.4 is 15.4 Å². The largest absolute Gasteiger partial charge is 0.348 e. The van der Waals surface area contributed by atoms with Crippen LogP contribution in [0.4, 0.5) is 5.69 Å². The molecule has 7 nitrogen and oxygen atoms in total. The van der Waals surface area contributed by atoms with E-state index in [1.165, 1.54) is 38.1 Å². The van der Waals surface area contributed by atoms with Crippen molar-refractivity contribution < 1.29 is 18.0 Å². The Hall–Kier alpha value is -2.42. The van der Waals surface area contributed by atoms with Crippen LogP contribution in [-0.4, -0.2) is 26.3 Å². The molecule has 0 aliphatic carbocycles. The van der Waals surface area contributed by atoms with Gasteiger partial charge in [-0.1, -0.05) is 30.7 Å². The molecule has 156 valence electrons. The van der Waals surface area contributed by atoms with E-state index in [-0.39, 0.29) is 16.8 Å². The van der Waals surface area contributed by atoms with Crippen molar-refractivity contribution in [3.63, 3.8) is 0 Å². The summed E-state index contributed by atoms with van der Waals surface area (Å²) in [4.78, 5) is 23.6. The first kappa shape index (κ1) is 22.9. The van der Waals surface area contributed by atoms with Crippen LogP contribution in [0.3, 0.4) is 0 Å². The van der Waals surface area contributed by atoms with E-state index in [1.807, 2.05) is 19.1 Å². The maximum absolute atomic E-state index is 12.6. The van der Waals surface area contributed by atoms with Crippen LogP contribution >= 0.6 is 11.6 Å². The average molecular weight is 438 g/mol. The molecule has 0 aliphatic heterocycles. The summed E-state index contributed by atoms with van der Waals surface area (Å²) in [7, 11) is -3.90. The number of rotatable bonds is 8. The van der Waals surface area contributed by atoms with E-state index >= 15 is 0 Å². The Morgan fingerprint density at radius 1 is 1.03 bits per heavy atom. The Morgan fingerprint density at radius 3 is 2.14 bits per heavy atom. The highest BCUT2D eigenvalue weighted by molar-refractivity contribution is 7.89. The van der Waals surface area contributed by atoms with Crippen LogP contribution in [0.15, 0.2) is 53.4 Å². The molecule has 0 spiro atoms. The van der Waals surface area contributed by atoms with E-state index in [0.717, 1.165) is 5.56 Å². The highest BCUT2D eigenvalue weighted by Gasteiger charge is 2.24. The molecular formula is C20H24ClN3O4S. The van der Waals surface area contributed by atoms with Crippen LogP contribution in [0.1, 0.15) is 38.8 Å². The standard InChI is InChI=1S/C20H24ClN3O4S/c1-4-19(15-5-7-16(21)8-6-15)23-20(26)13(2)24-29(27,28)18-11-9-17(10-12-18)22-14(3)25/h5-13,19,24H,4H2,1-3H3,(H,22,25)(H,23,26)/t13-,19?/m0/s1. The third-order valence-corrected chi connectivity index (χ3v) is 6.02. The Balaban J connectivity index is 2.04. The molecule has 1 unspecified atom stereocenters. The van der Waals surface area contributed by atoms with E-state index in [4.69, 9.17) is 11.6 Å². The minimum absolute atomic E-state index is 0.00371.